The van der Waals surface area contributed by atoms with Crippen molar-refractivity contribution >= 4 is 5.91 Å². The number of hydrogen-bond donors (Lipinski definition) is 2. The van der Waals surface area contributed by atoms with Gasteiger partial charge in [-0.2, -0.15) is 0 Å². The predicted molar refractivity (Wildman–Crippen MR) is 77.8 cm³/mol. The lowest BCUT2D eigenvalue weighted by molar-refractivity contribution is -0.123. The van der Waals surface area contributed by atoms with Crippen LogP contribution in [0.4, 0.5) is 0 Å². The number of rotatable bonds is 3. The van der Waals surface area contributed by atoms with Crippen molar-refractivity contribution in [1.82, 2.24) is 10.6 Å². The normalized spacial score (nSPS) is 25.8. The second-order valence-corrected chi connectivity index (χ2v) is 5.66. The minimum absolute atomic E-state index is 0.0559. The maximum absolute atomic E-state index is 12.0. The Bertz CT molecular complexity index is 501. The van der Waals surface area contributed by atoms with E-state index >= 15 is 0 Å². The first-order valence-electron chi connectivity index (χ1n) is 7.48. The molecule has 0 radical (unpaired) electrons. The van der Waals surface area contributed by atoms with Crippen molar-refractivity contribution in [2.24, 2.45) is 0 Å². The van der Waals surface area contributed by atoms with Gasteiger partial charge in [0.1, 0.15) is 5.75 Å². The molecule has 2 unspecified atom stereocenters. The van der Waals surface area contributed by atoms with Crippen molar-refractivity contribution in [1.29, 1.82) is 0 Å². The van der Waals surface area contributed by atoms with Gasteiger partial charge in [0.2, 0.25) is 5.91 Å². The quantitative estimate of drug-likeness (QED) is 0.885. The standard InChI is InChI=1S/C16H22N2O2/c1-20-12-7-5-11-6-8-14(13(11)10-12)18-15-4-2-3-9-17-16(15)19/h5,7,10,14-15,18H,2-4,6,8-9H2,1H3,(H,17,19). The van der Waals surface area contributed by atoms with Gasteiger partial charge in [-0.25, -0.2) is 0 Å². The van der Waals surface area contributed by atoms with E-state index in [9.17, 15) is 4.79 Å². The van der Waals surface area contributed by atoms with Crippen LogP contribution in [0.25, 0.3) is 0 Å². The Balaban J connectivity index is 1.75. The molecule has 1 aliphatic carbocycles. The number of ether oxygens (including phenoxy) is 1. The van der Waals surface area contributed by atoms with Crippen LogP contribution in [-0.4, -0.2) is 25.6 Å². The molecule has 1 saturated heterocycles. The van der Waals surface area contributed by atoms with Gasteiger partial charge in [0.05, 0.1) is 13.2 Å². The molecule has 1 heterocycles. The number of carbonyl (C=O) groups excluding carboxylic acids is 1. The van der Waals surface area contributed by atoms with E-state index in [0.29, 0.717) is 0 Å². The molecule has 0 spiro atoms. The largest absolute Gasteiger partial charge is 0.497 e. The summed E-state index contributed by atoms with van der Waals surface area (Å²) in [7, 11) is 1.69. The van der Waals surface area contributed by atoms with Crippen molar-refractivity contribution in [2.75, 3.05) is 13.7 Å². The smallest absolute Gasteiger partial charge is 0.237 e. The minimum atomic E-state index is -0.0559. The van der Waals surface area contributed by atoms with Gasteiger partial charge < -0.3 is 10.1 Å². The number of methoxy groups -OCH3 is 1. The van der Waals surface area contributed by atoms with E-state index in [0.717, 1.165) is 44.4 Å². The van der Waals surface area contributed by atoms with Crippen LogP contribution in [0.2, 0.25) is 0 Å². The lowest BCUT2D eigenvalue weighted by atomic mass is 10.0. The van der Waals surface area contributed by atoms with Gasteiger partial charge in [0.15, 0.2) is 0 Å². The molecule has 0 bridgehead atoms. The Hall–Kier alpha value is -1.55. The minimum Gasteiger partial charge on any atom is -0.497 e. The summed E-state index contributed by atoms with van der Waals surface area (Å²) in [6.45, 7) is 0.812. The molecule has 1 aromatic carbocycles. The van der Waals surface area contributed by atoms with Crippen molar-refractivity contribution in [3.05, 3.63) is 29.3 Å². The summed E-state index contributed by atoms with van der Waals surface area (Å²) in [5, 5.41) is 6.54. The van der Waals surface area contributed by atoms with E-state index in [-0.39, 0.29) is 18.0 Å². The molecule has 1 fully saturated rings. The number of fused-ring (bicyclic) bond motifs is 1. The third-order valence-electron chi connectivity index (χ3n) is 4.37. The lowest BCUT2D eigenvalue weighted by Crippen LogP contribution is -2.43. The molecule has 2 aliphatic rings. The Morgan fingerprint density at radius 3 is 3.00 bits per heavy atom. The summed E-state index contributed by atoms with van der Waals surface area (Å²) >= 11 is 0. The zero-order chi connectivity index (χ0) is 13.9. The van der Waals surface area contributed by atoms with E-state index in [4.69, 9.17) is 4.74 Å². The molecule has 4 heteroatoms. The molecule has 1 aromatic rings. The lowest BCUT2D eigenvalue weighted by Gasteiger charge is -2.21. The second-order valence-electron chi connectivity index (χ2n) is 5.66. The highest BCUT2D eigenvalue weighted by atomic mass is 16.5. The number of hydrogen-bond acceptors (Lipinski definition) is 3. The van der Waals surface area contributed by atoms with E-state index in [2.05, 4.69) is 22.8 Å². The average molecular weight is 274 g/mol. The summed E-state index contributed by atoms with van der Waals surface area (Å²) in [6, 6.07) is 6.48. The zero-order valence-electron chi connectivity index (χ0n) is 11.9. The number of benzene rings is 1. The SMILES string of the molecule is COc1ccc2c(c1)C(NC1CCCCNC1=O)CC2. The topological polar surface area (TPSA) is 50.4 Å². The first-order chi connectivity index (χ1) is 9.78. The fraction of sp³-hybridized carbons (Fsp3) is 0.562. The third-order valence-corrected chi connectivity index (χ3v) is 4.37. The Morgan fingerprint density at radius 2 is 2.15 bits per heavy atom. The van der Waals surface area contributed by atoms with Crippen LogP contribution in [0.1, 0.15) is 42.9 Å². The van der Waals surface area contributed by atoms with Gasteiger partial charge >= 0.3 is 0 Å². The molecule has 1 aliphatic heterocycles. The number of aryl methyl sites for hydroxylation is 1. The van der Waals surface area contributed by atoms with Crippen LogP contribution >= 0.6 is 0 Å². The first-order valence-corrected chi connectivity index (χ1v) is 7.48. The van der Waals surface area contributed by atoms with Gasteiger partial charge in [-0.3, -0.25) is 10.1 Å². The van der Waals surface area contributed by atoms with Crippen LogP contribution in [0.15, 0.2) is 18.2 Å². The number of nitrogens with one attached hydrogen (secondary N) is 2. The maximum atomic E-state index is 12.0. The van der Waals surface area contributed by atoms with Gasteiger partial charge in [-0.05, 0) is 55.4 Å². The Morgan fingerprint density at radius 1 is 1.25 bits per heavy atom. The second kappa shape index (κ2) is 5.83. The van der Waals surface area contributed by atoms with E-state index in [1.54, 1.807) is 7.11 Å². The van der Waals surface area contributed by atoms with Crippen LogP contribution in [0.3, 0.4) is 0 Å². The van der Waals surface area contributed by atoms with Gasteiger partial charge in [0.25, 0.3) is 0 Å². The molecule has 108 valence electrons. The molecule has 2 atom stereocenters. The summed E-state index contributed by atoms with van der Waals surface area (Å²) in [5.74, 6) is 1.04. The van der Waals surface area contributed by atoms with Crippen LogP contribution < -0.4 is 15.4 Å². The van der Waals surface area contributed by atoms with Gasteiger partial charge in [0, 0.05) is 12.6 Å². The predicted octanol–water partition coefficient (Wildman–Crippen LogP) is 1.94. The van der Waals surface area contributed by atoms with E-state index < -0.39 is 0 Å². The van der Waals surface area contributed by atoms with Crippen molar-refractivity contribution in [2.45, 2.75) is 44.2 Å². The van der Waals surface area contributed by atoms with Crippen molar-refractivity contribution in [3.8, 4) is 5.75 Å². The van der Waals surface area contributed by atoms with Crippen LogP contribution in [0, 0.1) is 0 Å². The van der Waals surface area contributed by atoms with Crippen molar-refractivity contribution in [3.63, 3.8) is 0 Å². The fourth-order valence-electron chi connectivity index (χ4n) is 3.22. The summed E-state index contributed by atoms with van der Waals surface area (Å²) in [6.07, 6.45) is 5.26. The fourth-order valence-corrected chi connectivity index (χ4v) is 3.22. The zero-order valence-corrected chi connectivity index (χ0v) is 11.9. The first kappa shape index (κ1) is 13.4. The van der Waals surface area contributed by atoms with Crippen LogP contribution in [0.5, 0.6) is 5.75 Å². The molecule has 4 nitrogen and oxygen atoms in total. The van der Waals surface area contributed by atoms with E-state index in [1.165, 1.54) is 11.1 Å². The molecule has 0 saturated carbocycles. The molecule has 1 amide bonds. The Labute approximate surface area is 119 Å². The van der Waals surface area contributed by atoms with Crippen molar-refractivity contribution < 1.29 is 9.53 Å². The molecule has 20 heavy (non-hydrogen) atoms. The molecule has 3 rings (SSSR count). The van der Waals surface area contributed by atoms with Crippen LogP contribution in [-0.2, 0) is 11.2 Å². The number of amides is 1. The van der Waals surface area contributed by atoms with Gasteiger partial charge in [-0.15, -0.1) is 0 Å². The van der Waals surface area contributed by atoms with Gasteiger partial charge in [-0.1, -0.05) is 6.07 Å². The number of carbonyl (C=O) groups is 1. The highest BCUT2D eigenvalue weighted by Gasteiger charge is 2.28. The molecule has 2 N–H and O–H groups in total. The average Bonchev–Trinajstić information content (AvgIpc) is 2.75. The van der Waals surface area contributed by atoms with E-state index in [1.807, 2.05) is 6.07 Å². The Kier molecular flexibility index (Phi) is 3.92. The maximum Gasteiger partial charge on any atom is 0.237 e. The summed E-state index contributed by atoms with van der Waals surface area (Å²) in [4.78, 5) is 12.0. The summed E-state index contributed by atoms with van der Waals surface area (Å²) in [5.41, 5.74) is 2.67. The third kappa shape index (κ3) is 2.66. The highest BCUT2D eigenvalue weighted by molar-refractivity contribution is 5.82. The molecular formula is C16H22N2O2. The molecular weight excluding hydrogens is 252 g/mol. The monoisotopic (exact) mass is 274 g/mol. The molecule has 0 aromatic heterocycles. The highest BCUT2D eigenvalue weighted by Crippen LogP contribution is 2.34. The summed E-state index contributed by atoms with van der Waals surface area (Å²) < 4.78 is 5.31.